The van der Waals surface area contributed by atoms with Crippen molar-refractivity contribution in [3.05, 3.63) is 22.6 Å². The summed E-state index contributed by atoms with van der Waals surface area (Å²) in [5.74, 6) is -2.46. The number of hydrogen-bond acceptors (Lipinski definition) is 12. The zero-order valence-corrected chi connectivity index (χ0v) is 17.8. The summed E-state index contributed by atoms with van der Waals surface area (Å²) in [5.41, 5.74) is 0.527. The lowest BCUT2D eigenvalue weighted by Crippen LogP contribution is -2.55. The van der Waals surface area contributed by atoms with E-state index in [1.807, 2.05) is 6.92 Å². The standard InChI is InChI=1S/C14H16N8O5S3/c1-6-18-19-14(30-6)29-4-7-3-28-11(17-9(7)12(24)25)10(13(26)27)16-8(23)2-22-5-15-20-21-22/h5,10-11,17H,2-4H2,1H3,(H,16,23)(H,24,25)(H,26,27). The fraction of sp³-hybridized carbons (Fsp3) is 0.429. The van der Waals surface area contributed by atoms with Gasteiger partial charge in [0, 0.05) is 11.5 Å². The van der Waals surface area contributed by atoms with E-state index in [-0.39, 0.29) is 18.0 Å². The van der Waals surface area contributed by atoms with Crippen molar-refractivity contribution in [2.45, 2.75) is 29.2 Å². The molecule has 2 aromatic heterocycles. The van der Waals surface area contributed by atoms with Crippen molar-refractivity contribution in [2.75, 3.05) is 11.5 Å². The maximum Gasteiger partial charge on any atom is 0.352 e. The first-order chi connectivity index (χ1) is 14.3. The summed E-state index contributed by atoms with van der Waals surface area (Å²) in [7, 11) is 0. The third-order valence-electron chi connectivity index (χ3n) is 3.75. The minimum Gasteiger partial charge on any atom is -0.480 e. The minimum absolute atomic E-state index is 0.0755. The SMILES string of the molecule is Cc1nnc(SCC2=C(C(=O)O)NC(C(NC(=O)Cn3cnnn3)C(=O)O)SC2)s1. The number of tetrazole rings is 1. The van der Waals surface area contributed by atoms with Gasteiger partial charge >= 0.3 is 11.9 Å². The van der Waals surface area contributed by atoms with Crippen molar-refractivity contribution in [2.24, 2.45) is 0 Å². The molecule has 1 amide bonds. The Labute approximate surface area is 181 Å². The van der Waals surface area contributed by atoms with E-state index in [2.05, 4.69) is 36.4 Å². The fourth-order valence-corrected chi connectivity index (χ4v) is 5.59. The number of rotatable bonds is 9. The van der Waals surface area contributed by atoms with Crippen LogP contribution in [0.1, 0.15) is 5.01 Å². The lowest BCUT2D eigenvalue weighted by atomic mass is 10.2. The summed E-state index contributed by atoms with van der Waals surface area (Å²) in [6.07, 6.45) is 1.22. The molecule has 3 rings (SSSR count). The van der Waals surface area contributed by atoms with Crippen LogP contribution in [0.4, 0.5) is 0 Å². The zero-order chi connectivity index (χ0) is 21.7. The Balaban J connectivity index is 1.67. The molecular weight excluding hydrogens is 456 g/mol. The van der Waals surface area contributed by atoms with E-state index in [1.54, 1.807) is 0 Å². The highest BCUT2D eigenvalue weighted by atomic mass is 32.2. The van der Waals surface area contributed by atoms with Crippen LogP contribution in [0, 0.1) is 6.92 Å². The van der Waals surface area contributed by atoms with Crippen LogP contribution in [0.2, 0.25) is 0 Å². The Morgan fingerprint density at radius 2 is 2.20 bits per heavy atom. The first kappa shape index (κ1) is 22.0. The fourth-order valence-electron chi connectivity index (χ4n) is 2.43. The number of aromatic nitrogens is 6. The van der Waals surface area contributed by atoms with E-state index in [9.17, 15) is 24.6 Å². The molecule has 0 bridgehead atoms. The molecule has 0 aliphatic carbocycles. The summed E-state index contributed by atoms with van der Waals surface area (Å²) in [6.45, 7) is 1.56. The molecule has 0 saturated heterocycles. The highest BCUT2D eigenvalue weighted by Crippen LogP contribution is 2.30. The van der Waals surface area contributed by atoms with Crippen LogP contribution in [0.3, 0.4) is 0 Å². The van der Waals surface area contributed by atoms with Gasteiger partial charge in [-0.2, -0.15) is 0 Å². The maximum atomic E-state index is 12.1. The predicted octanol–water partition coefficient (Wildman–Crippen LogP) is -0.804. The van der Waals surface area contributed by atoms with Crippen LogP contribution in [0.25, 0.3) is 0 Å². The van der Waals surface area contributed by atoms with Crippen molar-refractivity contribution < 1.29 is 24.6 Å². The number of amides is 1. The van der Waals surface area contributed by atoms with Crippen molar-refractivity contribution in [1.29, 1.82) is 0 Å². The number of carbonyl (C=O) groups excluding carboxylic acids is 1. The molecule has 13 nitrogen and oxygen atoms in total. The molecule has 1 aliphatic heterocycles. The largest absolute Gasteiger partial charge is 0.480 e. The van der Waals surface area contributed by atoms with E-state index in [0.717, 1.165) is 14.0 Å². The first-order valence-electron chi connectivity index (χ1n) is 8.32. The molecule has 2 aromatic rings. The van der Waals surface area contributed by atoms with Crippen LogP contribution < -0.4 is 10.6 Å². The van der Waals surface area contributed by atoms with Gasteiger partial charge in [-0.25, -0.2) is 14.3 Å². The summed E-state index contributed by atoms with van der Waals surface area (Å²) >= 11 is 3.96. The molecule has 2 atom stereocenters. The Morgan fingerprint density at radius 3 is 2.80 bits per heavy atom. The van der Waals surface area contributed by atoms with Gasteiger partial charge in [0.1, 0.15) is 29.0 Å². The number of carbonyl (C=O) groups is 3. The highest BCUT2D eigenvalue weighted by Gasteiger charge is 2.35. The first-order valence-corrected chi connectivity index (χ1v) is 11.2. The number of aryl methyl sites for hydroxylation is 1. The topological polar surface area (TPSA) is 185 Å². The number of nitrogens with one attached hydrogen (secondary N) is 2. The monoisotopic (exact) mass is 472 g/mol. The number of carboxylic acid groups (broad SMARTS) is 2. The molecule has 0 saturated carbocycles. The molecule has 160 valence electrons. The molecule has 16 heteroatoms. The molecule has 0 aromatic carbocycles. The summed E-state index contributed by atoms with van der Waals surface area (Å²) in [4.78, 5) is 35.6. The summed E-state index contributed by atoms with van der Waals surface area (Å²) in [5, 5.41) is 42.4. The second kappa shape index (κ2) is 9.86. The maximum absolute atomic E-state index is 12.1. The second-order valence-electron chi connectivity index (χ2n) is 5.93. The van der Waals surface area contributed by atoms with Crippen molar-refractivity contribution in [3.63, 3.8) is 0 Å². The Hall–Kier alpha value is -2.72. The average molecular weight is 473 g/mol. The van der Waals surface area contributed by atoms with Gasteiger partial charge in [-0.05, 0) is 22.9 Å². The molecule has 2 unspecified atom stereocenters. The van der Waals surface area contributed by atoms with Gasteiger partial charge in [-0.1, -0.05) is 23.1 Å². The van der Waals surface area contributed by atoms with Crippen LogP contribution in [0.5, 0.6) is 0 Å². The van der Waals surface area contributed by atoms with Crippen LogP contribution in [0.15, 0.2) is 21.9 Å². The van der Waals surface area contributed by atoms with Crippen molar-refractivity contribution >= 4 is 52.7 Å². The lowest BCUT2D eigenvalue weighted by molar-refractivity contribution is -0.142. The Kier molecular flexibility index (Phi) is 7.22. The average Bonchev–Trinajstić information content (AvgIpc) is 3.35. The summed E-state index contributed by atoms with van der Waals surface area (Å²) < 4.78 is 1.86. The molecule has 0 fully saturated rings. The van der Waals surface area contributed by atoms with Gasteiger partial charge in [-0.3, -0.25) is 4.79 Å². The summed E-state index contributed by atoms with van der Waals surface area (Å²) in [6, 6.07) is -1.35. The van der Waals surface area contributed by atoms with Crippen LogP contribution in [-0.2, 0) is 20.9 Å². The van der Waals surface area contributed by atoms with Crippen molar-refractivity contribution in [3.8, 4) is 0 Å². The van der Waals surface area contributed by atoms with Crippen molar-refractivity contribution in [1.82, 2.24) is 41.0 Å². The quantitative estimate of drug-likeness (QED) is 0.333. The van der Waals surface area contributed by atoms with Gasteiger partial charge in [0.15, 0.2) is 10.4 Å². The van der Waals surface area contributed by atoms with Gasteiger partial charge in [0.25, 0.3) is 0 Å². The van der Waals surface area contributed by atoms with E-state index in [0.29, 0.717) is 11.3 Å². The lowest BCUT2D eigenvalue weighted by Gasteiger charge is -2.31. The highest BCUT2D eigenvalue weighted by molar-refractivity contribution is 8.01. The smallest absolute Gasteiger partial charge is 0.352 e. The minimum atomic E-state index is -1.35. The van der Waals surface area contributed by atoms with Crippen LogP contribution >= 0.6 is 34.9 Å². The predicted molar refractivity (Wildman–Crippen MR) is 107 cm³/mol. The number of hydrogen-bond donors (Lipinski definition) is 4. The Morgan fingerprint density at radius 1 is 1.40 bits per heavy atom. The van der Waals surface area contributed by atoms with E-state index in [1.165, 1.54) is 41.2 Å². The van der Waals surface area contributed by atoms with E-state index < -0.39 is 29.3 Å². The zero-order valence-electron chi connectivity index (χ0n) is 15.4. The van der Waals surface area contributed by atoms with Crippen LogP contribution in [-0.4, -0.2) is 81.4 Å². The Bertz CT molecular complexity index is 963. The molecule has 3 heterocycles. The van der Waals surface area contributed by atoms with Gasteiger partial charge in [-0.15, -0.1) is 27.1 Å². The number of thioether (sulfide) groups is 2. The number of carboxylic acids is 2. The third-order valence-corrected chi connectivity index (χ3v) is 7.07. The van der Waals surface area contributed by atoms with E-state index in [4.69, 9.17) is 0 Å². The molecule has 1 aliphatic rings. The second-order valence-corrected chi connectivity index (χ2v) is 9.46. The molecule has 30 heavy (non-hydrogen) atoms. The molecule has 0 spiro atoms. The van der Waals surface area contributed by atoms with Gasteiger partial charge in [0.2, 0.25) is 5.91 Å². The third kappa shape index (κ3) is 5.67. The van der Waals surface area contributed by atoms with Gasteiger partial charge < -0.3 is 20.8 Å². The number of aliphatic carboxylic acids is 2. The molecule has 4 N–H and O–H groups in total. The molecular formula is C14H16N8O5S3. The van der Waals surface area contributed by atoms with Gasteiger partial charge in [0.05, 0.1) is 0 Å². The number of nitrogens with zero attached hydrogens (tertiary/aromatic N) is 6. The van der Waals surface area contributed by atoms with E-state index >= 15 is 0 Å². The normalized spacial score (nSPS) is 17.3. The molecule has 0 radical (unpaired) electrons.